The highest BCUT2D eigenvalue weighted by molar-refractivity contribution is 5.94. The van der Waals surface area contributed by atoms with Crippen molar-refractivity contribution in [1.29, 1.82) is 0 Å². The van der Waals surface area contributed by atoms with E-state index in [4.69, 9.17) is 24.4 Å². The third kappa shape index (κ3) is 5.96. The third-order valence-electron chi connectivity index (χ3n) is 9.59. The van der Waals surface area contributed by atoms with Crippen LogP contribution in [-0.2, 0) is 27.4 Å². The van der Waals surface area contributed by atoms with E-state index in [-0.39, 0.29) is 36.0 Å². The highest BCUT2D eigenvalue weighted by Crippen LogP contribution is 2.35. The lowest BCUT2D eigenvalue weighted by atomic mass is 10.1. The molecule has 1 saturated heterocycles. The number of carbonyl (C=O) groups is 1. The molecule has 14 nitrogen and oxygen atoms in total. The van der Waals surface area contributed by atoms with Crippen molar-refractivity contribution < 1.29 is 23.0 Å². The van der Waals surface area contributed by atoms with Crippen LogP contribution in [0.25, 0.3) is 39.0 Å². The molecule has 0 saturated carbocycles. The van der Waals surface area contributed by atoms with Gasteiger partial charge in [-0.3, -0.25) is 4.79 Å². The summed E-state index contributed by atoms with van der Waals surface area (Å²) in [4.78, 5) is 42.1. The molecule has 0 radical (unpaired) electrons. The van der Waals surface area contributed by atoms with Gasteiger partial charge < -0.3 is 29.2 Å². The van der Waals surface area contributed by atoms with Gasteiger partial charge in [0.2, 0.25) is 11.9 Å². The van der Waals surface area contributed by atoms with E-state index in [0.717, 1.165) is 40.2 Å². The van der Waals surface area contributed by atoms with Gasteiger partial charge in [0.1, 0.15) is 35.8 Å². The number of nitrogens with zero attached hydrogens (tertiary/aromatic N) is 10. The largest absolute Gasteiger partial charge is 0.377 e. The molecular formula is C36H37F2N11O3. The van der Waals surface area contributed by atoms with Gasteiger partial charge in [0.25, 0.3) is 0 Å². The third-order valence-corrected chi connectivity index (χ3v) is 9.59. The minimum absolute atomic E-state index is 0.0187. The SMILES string of the molecule is CCO[C@@H]1CN(C)C(=O)[C@@H]2C[C@@H](CN2c2nc(COC)nc3c2cnn3-c2ccc(F)cc2F)Nc2nccc(n2)-c2cccc3nc(C)n(c23)C1. The van der Waals surface area contributed by atoms with Gasteiger partial charge in [-0.1, -0.05) is 12.1 Å². The van der Waals surface area contributed by atoms with Crippen LogP contribution in [0.5, 0.6) is 0 Å². The fraction of sp³-hybridized carbons (Fsp3) is 0.361. The molecule has 1 N–H and O–H groups in total. The Morgan fingerprint density at radius 1 is 1.04 bits per heavy atom. The Labute approximate surface area is 297 Å². The number of methoxy groups -OCH3 is 1. The summed E-state index contributed by atoms with van der Waals surface area (Å²) in [5.41, 5.74) is 3.73. The monoisotopic (exact) mass is 709 g/mol. The number of amides is 1. The molecule has 4 bridgehead atoms. The molecule has 0 aliphatic carbocycles. The highest BCUT2D eigenvalue weighted by Gasteiger charge is 2.41. The van der Waals surface area contributed by atoms with Gasteiger partial charge in [0.05, 0.1) is 41.0 Å². The molecule has 268 valence electrons. The van der Waals surface area contributed by atoms with Crippen molar-refractivity contribution in [3.63, 3.8) is 0 Å². The Balaban J connectivity index is 1.25. The van der Waals surface area contributed by atoms with Gasteiger partial charge in [-0.15, -0.1) is 0 Å². The second kappa shape index (κ2) is 13.5. The zero-order chi connectivity index (χ0) is 36.1. The van der Waals surface area contributed by atoms with Crippen molar-refractivity contribution >= 4 is 39.7 Å². The molecule has 2 aliphatic heterocycles. The lowest BCUT2D eigenvalue weighted by Crippen LogP contribution is -2.47. The van der Waals surface area contributed by atoms with Crippen molar-refractivity contribution in [3.05, 3.63) is 78.1 Å². The lowest BCUT2D eigenvalue weighted by Gasteiger charge is -2.31. The number of nitrogens with one attached hydrogen (secondary N) is 1. The molecule has 16 heteroatoms. The molecule has 0 spiro atoms. The quantitative estimate of drug-likeness (QED) is 0.265. The van der Waals surface area contributed by atoms with E-state index in [1.165, 1.54) is 24.1 Å². The van der Waals surface area contributed by atoms with Crippen LogP contribution < -0.4 is 10.2 Å². The van der Waals surface area contributed by atoms with Crippen molar-refractivity contribution in [2.45, 2.75) is 51.6 Å². The second-order valence-corrected chi connectivity index (χ2v) is 13.0. The summed E-state index contributed by atoms with van der Waals surface area (Å²) in [7, 11) is 3.30. The summed E-state index contributed by atoms with van der Waals surface area (Å²) in [6.07, 6.45) is 3.31. The molecule has 2 aliphatic rings. The van der Waals surface area contributed by atoms with Gasteiger partial charge in [-0.25, -0.2) is 38.4 Å². The summed E-state index contributed by atoms with van der Waals surface area (Å²) >= 11 is 0. The Morgan fingerprint density at radius 2 is 1.90 bits per heavy atom. The molecule has 0 unspecified atom stereocenters. The minimum Gasteiger partial charge on any atom is -0.377 e. The van der Waals surface area contributed by atoms with E-state index >= 15 is 4.39 Å². The Morgan fingerprint density at radius 3 is 2.71 bits per heavy atom. The van der Waals surface area contributed by atoms with Crippen LogP contribution in [-0.4, -0.2) is 102 Å². The first-order valence-electron chi connectivity index (χ1n) is 17.1. The maximum absolute atomic E-state index is 15.0. The number of anilines is 2. The van der Waals surface area contributed by atoms with E-state index in [0.29, 0.717) is 55.6 Å². The van der Waals surface area contributed by atoms with Crippen LogP contribution in [0, 0.1) is 18.6 Å². The lowest BCUT2D eigenvalue weighted by molar-refractivity contribution is -0.133. The number of carbonyl (C=O) groups excluding carboxylic acids is 1. The number of fused-ring (bicyclic) bond motifs is 6. The molecule has 3 atom stereocenters. The van der Waals surface area contributed by atoms with Crippen molar-refractivity contribution in [3.8, 4) is 16.9 Å². The molecule has 8 rings (SSSR count). The number of hydrogen-bond acceptors (Lipinski definition) is 11. The summed E-state index contributed by atoms with van der Waals surface area (Å²) in [6.45, 7) is 5.54. The van der Waals surface area contributed by atoms with E-state index < -0.39 is 17.7 Å². The molecule has 1 amide bonds. The average molecular weight is 710 g/mol. The Bertz CT molecular complexity index is 2310. The number of aromatic nitrogens is 8. The molecule has 2 aromatic carbocycles. The van der Waals surface area contributed by atoms with Crippen LogP contribution in [0.1, 0.15) is 25.0 Å². The summed E-state index contributed by atoms with van der Waals surface area (Å²) < 4.78 is 44.0. The van der Waals surface area contributed by atoms with Crippen LogP contribution in [0.15, 0.2) is 54.9 Å². The number of aryl methyl sites for hydroxylation is 1. The maximum atomic E-state index is 15.0. The Kier molecular flexibility index (Phi) is 8.71. The zero-order valence-electron chi connectivity index (χ0n) is 29.1. The predicted octanol–water partition coefficient (Wildman–Crippen LogP) is 4.29. The van der Waals surface area contributed by atoms with E-state index in [2.05, 4.69) is 25.0 Å². The van der Waals surface area contributed by atoms with Crippen molar-refractivity contribution in [2.75, 3.05) is 44.1 Å². The first-order chi connectivity index (χ1) is 25.2. The van der Waals surface area contributed by atoms with Gasteiger partial charge >= 0.3 is 0 Å². The summed E-state index contributed by atoms with van der Waals surface area (Å²) in [5.74, 6) is 0.335. The van der Waals surface area contributed by atoms with E-state index in [9.17, 15) is 9.18 Å². The molecule has 6 heterocycles. The van der Waals surface area contributed by atoms with Gasteiger partial charge in [0, 0.05) is 57.7 Å². The van der Waals surface area contributed by atoms with Crippen molar-refractivity contribution in [1.82, 2.24) is 44.2 Å². The number of ether oxygens (including phenoxy) is 2. The first kappa shape index (κ1) is 33.5. The predicted molar refractivity (Wildman–Crippen MR) is 189 cm³/mol. The van der Waals surface area contributed by atoms with Crippen LogP contribution in [0.3, 0.4) is 0 Å². The number of halogens is 2. The standard InChI is InChI=1S/C36H37F2N11O3/c1-5-52-23-17-46(3)35(50)30-14-22(42-36-39-12-11-27(43-36)24-7-6-8-28-32(24)47(18-23)20(2)41-28)16-48(30)33-25-15-40-49(29-10-9-21(37)13-26(29)38)34(25)45-31(44-33)19-51-4/h6-13,15,22-23,30H,5,14,16-19H2,1-4H3,(H,39,42,43)/t22-,23+,30-/m0/s1. The fourth-order valence-corrected chi connectivity index (χ4v) is 7.33. The zero-order valence-corrected chi connectivity index (χ0v) is 29.1. The number of rotatable bonds is 6. The average Bonchev–Trinajstić information content (AvgIpc) is 3.83. The number of benzene rings is 2. The molecule has 52 heavy (non-hydrogen) atoms. The van der Waals surface area contributed by atoms with Crippen LogP contribution in [0.4, 0.5) is 20.5 Å². The minimum atomic E-state index is -0.799. The Hall–Kier alpha value is -5.61. The second-order valence-electron chi connectivity index (χ2n) is 13.0. The number of likely N-dealkylation sites (N-methyl/N-ethyl adjacent to an activating group) is 1. The van der Waals surface area contributed by atoms with E-state index in [1.807, 2.05) is 43.0 Å². The van der Waals surface area contributed by atoms with Gasteiger partial charge in [-0.05, 0) is 44.5 Å². The molecular weight excluding hydrogens is 672 g/mol. The van der Waals surface area contributed by atoms with Crippen LogP contribution >= 0.6 is 0 Å². The number of hydrogen-bond donors (Lipinski definition) is 1. The summed E-state index contributed by atoms with van der Waals surface area (Å²) in [5, 5.41) is 8.41. The maximum Gasteiger partial charge on any atom is 0.245 e. The number of imidazole rings is 1. The fourth-order valence-electron chi connectivity index (χ4n) is 7.33. The van der Waals surface area contributed by atoms with Gasteiger partial charge in [-0.2, -0.15) is 5.10 Å². The summed E-state index contributed by atoms with van der Waals surface area (Å²) in [6, 6.07) is 10.2. The van der Waals surface area contributed by atoms with Crippen LogP contribution in [0.2, 0.25) is 0 Å². The molecule has 1 fully saturated rings. The number of para-hydroxylation sites is 1. The molecule has 4 aromatic heterocycles. The van der Waals surface area contributed by atoms with Crippen molar-refractivity contribution in [2.24, 2.45) is 0 Å². The normalized spacial score (nSPS) is 19.3. The highest BCUT2D eigenvalue weighted by atomic mass is 19.1. The topological polar surface area (TPSA) is 141 Å². The van der Waals surface area contributed by atoms with Gasteiger partial charge in [0.15, 0.2) is 17.3 Å². The smallest absolute Gasteiger partial charge is 0.245 e. The van der Waals surface area contributed by atoms with E-state index in [1.54, 1.807) is 18.1 Å². The first-order valence-corrected chi connectivity index (χ1v) is 17.1. The molecule has 6 aromatic rings.